The Kier molecular flexibility index (Phi) is 7.03. The van der Waals surface area contributed by atoms with Crippen molar-refractivity contribution in [3.63, 3.8) is 0 Å². The summed E-state index contributed by atoms with van der Waals surface area (Å²) in [6.45, 7) is 5.57. The van der Waals surface area contributed by atoms with Gasteiger partial charge in [0.25, 0.3) is 0 Å². The van der Waals surface area contributed by atoms with Gasteiger partial charge in [0, 0.05) is 25.6 Å². The number of nitrogens with one attached hydrogen (secondary N) is 3. The molecule has 5 nitrogen and oxygen atoms in total. The molecule has 2 rings (SSSR count). The number of hydrogen-bond acceptors (Lipinski definition) is 2. The topological polar surface area (TPSA) is 65.5 Å². The summed E-state index contributed by atoms with van der Waals surface area (Å²) in [5.41, 5.74) is 1.47. The number of nitrogens with zero attached hydrogens (tertiary/aromatic N) is 1. The highest BCUT2D eigenvalue weighted by Crippen LogP contribution is 2.18. The molecule has 6 heteroatoms. The van der Waals surface area contributed by atoms with Crippen LogP contribution in [-0.2, 0) is 11.3 Å². The van der Waals surface area contributed by atoms with Gasteiger partial charge in [0.05, 0.1) is 6.54 Å². The van der Waals surface area contributed by atoms with E-state index in [0.29, 0.717) is 37.1 Å². The van der Waals surface area contributed by atoms with Crippen molar-refractivity contribution in [2.45, 2.75) is 52.1 Å². The lowest BCUT2D eigenvalue weighted by atomic mass is 10.1. The third-order valence-corrected chi connectivity index (χ3v) is 3.82. The second-order valence-corrected chi connectivity index (χ2v) is 6.15. The number of aryl methyl sites for hydroxylation is 1. The van der Waals surface area contributed by atoms with Gasteiger partial charge in [0.2, 0.25) is 5.91 Å². The predicted molar refractivity (Wildman–Crippen MR) is 94.4 cm³/mol. The number of carbonyl (C=O) groups excluding carboxylic acids is 1. The largest absolute Gasteiger partial charge is 0.357 e. The first kappa shape index (κ1) is 18.2. The zero-order chi connectivity index (χ0) is 17.4. The Morgan fingerprint density at radius 3 is 2.79 bits per heavy atom. The molecule has 0 spiro atoms. The predicted octanol–water partition coefficient (Wildman–Crippen LogP) is 2.25. The van der Waals surface area contributed by atoms with E-state index in [9.17, 15) is 9.18 Å². The van der Waals surface area contributed by atoms with Crippen LogP contribution in [0.4, 0.5) is 4.39 Å². The minimum absolute atomic E-state index is 0.122. The fraction of sp³-hybridized carbons (Fsp3) is 0.556. The van der Waals surface area contributed by atoms with Gasteiger partial charge in [-0.05, 0) is 50.3 Å². The molecule has 0 bridgehead atoms. The number of rotatable bonds is 8. The number of benzene rings is 1. The molecule has 1 saturated carbocycles. The standard InChI is InChI=1S/C18H27FN4O/c1-3-20-18(21-10-4-5-17(24)23-15-8-9-15)22-12-14-7-6-13(2)16(19)11-14/h6-7,11,15H,3-5,8-10,12H2,1-2H3,(H,23,24)(H2,20,21,22). The summed E-state index contributed by atoms with van der Waals surface area (Å²) >= 11 is 0. The van der Waals surface area contributed by atoms with Crippen LogP contribution in [0.25, 0.3) is 0 Å². The Hall–Kier alpha value is -2.11. The molecule has 1 aromatic carbocycles. The monoisotopic (exact) mass is 334 g/mol. The maximum Gasteiger partial charge on any atom is 0.220 e. The summed E-state index contributed by atoms with van der Waals surface area (Å²) in [5.74, 6) is 0.597. The van der Waals surface area contributed by atoms with Crippen molar-refractivity contribution in [1.82, 2.24) is 16.0 Å². The lowest BCUT2D eigenvalue weighted by Crippen LogP contribution is -2.38. The fourth-order valence-corrected chi connectivity index (χ4v) is 2.23. The Balaban J connectivity index is 1.74. The third kappa shape index (κ3) is 6.56. The second kappa shape index (κ2) is 9.25. The highest BCUT2D eigenvalue weighted by molar-refractivity contribution is 5.80. The molecule has 0 atom stereocenters. The van der Waals surface area contributed by atoms with E-state index in [1.165, 1.54) is 6.07 Å². The number of aliphatic imine (C=N–C) groups is 1. The fourth-order valence-electron chi connectivity index (χ4n) is 2.23. The number of hydrogen-bond donors (Lipinski definition) is 3. The van der Waals surface area contributed by atoms with Crippen molar-refractivity contribution in [2.75, 3.05) is 13.1 Å². The first-order valence-electron chi connectivity index (χ1n) is 8.65. The van der Waals surface area contributed by atoms with E-state index in [4.69, 9.17) is 0 Å². The summed E-state index contributed by atoms with van der Waals surface area (Å²) < 4.78 is 13.6. The number of amides is 1. The van der Waals surface area contributed by atoms with Crippen LogP contribution >= 0.6 is 0 Å². The molecule has 1 aromatic rings. The molecule has 1 amide bonds. The summed E-state index contributed by atoms with van der Waals surface area (Å²) in [6.07, 6.45) is 3.50. The molecule has 1 aliphatic carbocycles. The van der Waals surface area contributed by atoms with Crippen LogP contribution in [-0.4, -0.2) is 31.0 Å². The quantitative estimate of drug-likeness (QED) is 0.388. The lowest BCUT2D eigenvalue weighted by Gasteiger charge is -2.11. The van der Waals surface area contributed by atoms with Gasteiger partial charge in [-0.25, -0.2) is 9.38 Å². The molecular weight excluding hydrogens is 307 g/mol. The number of guanidine groups is 1. The number of carbonyl (C=O) groups is 1. The average molecular weight is 334 g/mol. The van der Waals surface area contributed by atoms with Gasteiger partial charge < -0.3 is 16.0 Å². The molecule has 0 saturated heterocycles. The minimum Gasteiger partial charge on any atom is -0.357 e. The van der Waals surface area contributed by atoms with Crippen molar-refractivity contribution < 1.29 is 9.18 Å². The first-order valence-corrected chi connectivity index (χ1v) is 8.65. The lowest BCUT2D eigenvalue weighted by molar-refractivity contribution is -0.121. The van der Waals surface area contributed by atoms with Crippen LogP contribution in [0, 0.1) is 12.7 Å². The molecule has 0 unspecified atom stereocenters. The van der Waals surface area contributed by atoms with Crippen LogP contribution in [0.2, 0.25) is 0 Å². The van der Waals surface area contributed by atoms with E-state index in [-0.39, 0.29) is 11.7 Å². The summed E-state index contributed by atoms with van der Waals surface area (Å²) in [6, 6.07) is 5.58. The van der Waals surface area contributed by atoms with Crippen molar-refractivity contribution in [3.05, 3.63) is 35.1 Å². The molecule has 0 aliphatic heterocycles. The first-order chi connectivity index (χ1) is 11.6. The third-order valence-electron chi connectivity index (χ3n) is 3.82. The van der Waals surface area contributed by atoms with E-state index in [2.05, 4.69) is 20.9 Å². The molecule has 0 aromatic heterocycles. The van der Waals surface area contributed by atoms with Crippen molar-refractivity contribution in [1.29, 1.82) is 0 Å². The Bertz CT molecular complexity index is 584. The van der Waals surface area contributed by atoms with Gasteiger partial charge in [-0.2, -0.15) is 0 Å². The zero-order valence-corrected chi connectivity index (χ0v) is 14.5. The molecule has 24 heavy (non-hydrogen) atoms. The molecule has 1 fully saturated rings. The molecule has 0 radical (unpaired) electrons. The Labute approximate surface area is 143 Å². The highest BCUT2D eigenvalue weighted by Gasteiger charge is 2.22. The smallest absolute Gasteiger partial charge is 0.220 e. The maximum atomic E-state index is 13.6. The van der Waals surface area contributed by atoms with Gasteiger partial charge in [-0.3, -0.25) is 4.79 Å². The van der Waals surface area contributed by atoms with E-state index in [1.807, 2.05) is 13.0 Å². The van der Waals surface area contributed by atoms with E-state index in [1.54, 1.807) is 13.0 Å². The molecular formula is C18H27FN4O. The second-order valence-electron chi connectivity index (χ2n) is 6.15. The van der Waals surface area contributed by atoms with E-state index < -0.39 is 0 Å². The Morgan fingerprint density at radius 1 is 1.33 bits per heavy atom. The normalized spacial score (nSPS) is 14.4. The summed E-state index contributed by atoms with van der Waals surface area (Å²) in [4.78, 5) is 16.1. The molecule has 3 N–H and O–H groups in total. The van der Waals surface area contributed by atoms with Gasteiger partial charge in [0.1, 0.15) is 5.82 Å². The molecule has 132 valence electrons. The van der Waals surface area contributed by atoms with Crippen molar-refractivity contribution in [3.8, 4) is 0 Å². The van der Waals surface area contributed by atoms with Crippen LogP contribution in [0.3, 0.4) is 0 Å². The van der Waals surface area contributed by atoms with Crippen LogP contribution in [0.1, 0.15) is 43.7 Å². The SMILES string of the molecule is CCNC(=NCc1ccc(C)c(F)c1)NCCCC(=O)NC1CC1. The highest BCUT2D eigenvalue weighted by atomic mass is 19.1. The van der Waals surface area contributed by atoms with Gasteiger partial charge in [-0.1, -0.05) is 12.1 Å². The summed E-state index contributed by atoms with van der Waals surface area (Å²) in [5, 5.41) is 9.34. The Morgan fingerprint density at radius 2 is 2.12 bits per heavy atom. The van der Waals surface area contributed by atoms with Crippen molar-refractivity contribution >= 4 is 11.9 Å². The van der Waals surface area contributed by atoms with Gasteiger partial charge >= 0.3 is 0 Å². The van der Waals surface area contributed by atoms with E-state index in [0.717, 1.165) is 31.4 Å². The van der Waals surface area contributed by atoms with Crippen LogP contribution in [0.5, 0.6) is 0 Å². The van der Waals surface area contributed by atoms with Gasteiger partial charge in [-0.15, -0.1) is 0 Å². The summed E-state index contributed by atoms with van der Waals surface area (Å²) in [7, 11) is 0. The minimum atomic E-state index is -0.206. The number of halogens is 1. The van der Waals surface area contributed by atoms with Crippen LogP contribution < -0.4 is 16.0 Å². The van der Waals surface area contributed by atoms with E-state index >= 15 is 0 Å². The average Bonchev–Trinajstić information content (AvgIpc) is 3.36. The van der Waals surface area contributed by atoms with Gasteiger partial charge in [0.15, 0.2) is 5.96 Å². The van der Waals surface area contributed by atoms with Crippen LogP contribution in [0.15, 0.2) is 23.2 Å². The molecule has 0 heterocycles. The maximum absolute atomic E-state index is 13.6. The van der Waals surface area contributed by atoms with Crippen molar-refractivity contribution in [2.24, 2.45) is 4.99 Å². The molecule has 1 aliphatic rings. The zero-order valence-electron chi connectivity index (χ0n) is 14.5.